The average Bonchev–Trinajstić information content (AvgIpc) is 3.27. The summed E-state index contributed by atoms with van der Waals surface area (Å²) in [6, 6.07) is 7.15. The fourth-order valence-electron chi connectivity index (χ4n) is 3.24. The SMILES string of the molecule is CCCCn1c(=O)[nH]c(=O)c2c1nc(CSc1nnc(-c3ccc(Cl)cc3)n1N)n2C. The number of rotatable bonds is 7. The molecule has 0 aliphatic heterocycles. The Morgan fingerprint density at radius 2 is 1.94 bits per heavy atom. The minimum Gasteiger partial charge on any atom is -0.335 e. The average molecular weight is 461 g/mol. The van der Waals surface area contributed by atoms with Crippen molar-refractivity contribution in [3.8, 4) is 11.4 Å². The zero-order valence-electron chi connectivity index (χ0n) is 17.0. The molecule has 0 fully saturated rings. The summed E-state index contributed by atoms with van der Waals surface area (Å²) in [4.78, 5) is 31.6. The molecule has 0 unspecified atom stereocenters. The van der Waals surface area contributed by atoms with E-state index < -0.39 is 11.2 Å². The van der Waals surface area contributed by atoms with Crippen LogP contribution < -0.4 is 17.1 Å². The molecule has 10 nitrogen and oxygen atoms in total. The van der Waals surface area contributed by atoms with Crippen molar-refractivity contribution in [2.24, 2.45) is 7.05 Å². The quantitative estimate of drug-likeness (QED) is 0.319. The highest BCUT2D eigenvalue weighted by Gasteiger charge is 2.18. The van der Waals surface area contributed by atoms with Crippen molar-refractivity contribution in [2.75, 3.05) is 5.84 Å². The first kappa shape index (κ1) is 21.2. The number of nitrogen functional groups attached to an aromatic ring is 1. The van der Waals surface area contributed by atoms with Crippen molar-refractivity contribution < 1.29 is 0 Å². The van der Waals surface area contributed by atoms with Gasteiger partial charge < -0.3 is 10.4 Å². The molecule has 0 radical (unpaired) electrons. The molecule has 0 bridgehead atoms. The summed E-state index contributed by atoms with van der Waals surface area (Å²) in [5.74, 6) is 7.71. The third-order valence-corrected chi connectivity index (χ3v) is 6.13. The topological polar surface area (TPSA) is 129 Å². The highest BCUT2D eigenvalue weighted by Crippen LogP contribution is 2.25. The Morgan fingerprint density at radius 3 is 2.65 bits per heavy atom. The molecule has 0 saturated heterocycles. The van der Waals surface area contributed by atoms with Gasteiger partial charge in [0.25, 0.3) is 5.56 Å². The number of H-pyrrole nitrogens is 1. The molecular weight excluding hydrogens is 440 g/mol. The van der Waals surface area contributed by atoms with E-state index in [0.29, 0.717) is 45.3 Å². The Labute approximate surface area is 186 Å². The van der Waals surface area contributed by atoms with Gasteiger partial charge >= 0.3 is 5.69 Å². The van der Waals surface area contributed by atoms with Crippen LogP contribution in [-0.2, 0) is 19.3 Å². The minimum atomic E-state index is -0.453. The van der Waals surface area contributed by atoms with E-state index in [1.807, 2.05) is 19.1 Å². The standard InChI is InChI=1S/C19H21ClN8O2S/c1-3-4-9-27-16-14(17(29)23-18(27)30)26(2)13(22-16)10-31-19-25-24-15(28(19)21)11-5-7-12(20)8-6-11/h5-8H,3-4,9-10,21H2,1-2H3,(H,23,29,30). The Morgan fingerprint density at radius 1 is 1.19 bits per heavy atom. The van der Waals surface area contributed by atoms with Gasteiger partial charge in [0.1, 0.15) is 5.82 Å². The maximum Gasteiger partial charge on any atom is 0.330 e. The van der Waals surface area contributed by atoms with Gasteiger partial charge in [-0.05, 0) is 30.7 Å². The largest absolute Gasteiger partial charge is 0.335 e. The summed E-state index contributed by atoms with van der Waals surface area (Å²) < 4.78 is 4.61. The number of halogens is 1. The van der Waals surface area contributed by atoms with E-state index in [-0.39, 0.29) is 0 Å². The number of nitrogens with two attached hydrogens (primary N) is 1. The van der Waals surface area contributed by atoms with Gasteiger partial charge in [-0.3, -0.25) is 14.3 Å². The fourth-order valence-corrected chi connectivity index (χ4v) is 4.21. The Balaban J connectivity index is 1.63. The number of thioether (sulfide) groups is 1. The number of aryl methyl sites for hydroxylation is 2. The predicted molar refractivity (Wildman–Crippen MR) is 121 cm³/mol. The first-order chi connectivity index (χ1) is 14.9. The molecule has 0 aliphatic rings. The van der Waals surface area contributed by atoms with Crippen LogP contribution in [0.3, 0.4) is 0 Å². The van der Waals surface area contributed by atoms with Gasteiger partial charge in [-0.2, -0.15) is 0 Å². The predicted octanol–water partition coefficient (Wildman–Crippen LogP) is 2.14. The molecule has 3 heterocycles. The zero-order chi connectivity index (χ0) is 22.1. The normalized spacial score (nSPS) is 11.5. The van der Waals surface area contributed by atoms with E-state index in [2.05, 4.69) is 20.2 Å². The third kappa shape index (κ3) is 3.98. The first-order valence-electron chi connectivity index (χ1n) is 9.68. The van der Waals surface area contributed by atoms with Gasteiger partial charge in [0, 0.05) is 24.2 Å². The minimum absolute atomic E-state index is 0.363. The summed E-state index contributed by atoms with van der Waals surface area (Å²) in [6.45, 7) is 2.53. The van der Waals surface area contributed by atoms with Crippen molar-refractivity contribution in [3.05, 3.63) is 56.0 Å². The van der Waals surface area contributed by atoms with Crippen LogP contribution in [0.25, 0.3) is 22.6 Å². The second kappa shape index (κ2) is 8.60. The van der Waals surface area contributed by atoms with Crippen LogP contribution in [0.4, 0.5) is 0 Å². The highest BCUT2D eigenvalue weighted by atomic mass is 35.5. The fraction of sp³-hybridized carbons (Fsp3) is 0.316. The lowest BCUT2D eigenvalue weighted by Crippen LogP contribution is -2.31. The molecule has 4 rings (SSSR count). The molecule has 0 aliphatic carbocycles. The van der Waals surface area contributed by atoms with E-state index in [1.165, 1.54) is 21.0 Å². The van der Waals surface area contributed by atoms with E-state index >= 15 is 0 Å². The van der Waals surface area contributed by atoms with Gasteiger partial charge in [-0.15, -0.1) is 10.2 Å². The molecule has 1 aromatic carbocycles. The van der Waals surface area contributed by atoms with Crippen molar-refractivity contribution in [1.29, 1.82) is 0 Å². The lowest BCUT2D eigenvalue weighted by Gasteiger charge is -2.04. The summed E-state index contributed by atoms with van der Waals surface area (Å²) in [6.07, 6.45) is 1.73. The summed E-state index contributed by atoms with van der Waals surface area (Å²) in [5.41, 5.74) is 0.641. The van der Waals surface area contributed by atoms with Gasteiger partial charge in [-0.1, -0.05) is 36.7 Å². The van der Waals surface area contributed by atoms with Crippen LogP contribution in [0.5, 0.6) is 0 Å². The molecule has 31 heavy (non-hydrogen) atoms. The molecule has 0 atom stereocenters. The van der Waals surface area contributed by atoms with Gasteiger partial charge in [0.2, 0.25) is 5.16 Å². The lowest BCUT2D eigenvalue weighted by molar-refractivity contribution is 0.613. The van der Waals surface area contributed by atoms with Gasteiger partial charge in [-0.25, -0.2) is 14.5 Å². The summed E-state index contributed by atoms with van der Waals surface area (Å²) >= 11 is 7.27. The molecule has 0 saturated carbocycles. The summed E-state index contributed by atoms with van der Waals surface area (Å²) in [7, 11) is 1.75. The first-order valence-corrected chi connectivity index (χ1v) is 11.0. The Bertz CT molecular complexity index is 1350. The highest BCUT2D eigenvalue weighted by molar-refractivity contribution is 7.98. The van der Waals surface area contributed by atoms with E-state index in [9.17, 15) is 9.59 Å². The molecule has 3 aromatic heterocycles. The molecule has 4 aromatic rings. The van der Waals surface area contributed by atoms with E-state index in [1.54, 1.807) is 23.7 Å². The van der Waals surface area contributed by atoms with Crippen LogP contribution in [0, 0.1) is 0 Å². The van der Waals surface area contributed by atoms with E-state index in [4.69, 9.17) is 17.4 Å². The van der Waals surface area contributed by atoms with Crippen molar-refractivity contribution in [2.45, 2.75) is 37.2 Å². The second-order valence-electron chi connectivity index (χ2n) is 7.00. The van der Waals surface area contributed by atoms with Crippen molar-refractivity contribution in [3.63, 3.8) is 0 Å². The molecule has 3 N–H and O–H groups in total. The third-order valence-electron chi connectivity index (χ3n) is 4.94. The van der Waals surface area contributed by atoms with Crippen molar-refractivity contribution >= 4 is 34.5 Å². The van der Waals surface area contributed by atoms with Crippen LogP contribution >= 0.6 is 23.4 Å². The van der Waals surface area contributed by atoms with Crippen LogP contribution in [0.1, 0.15) is 25.6 Å². The number of hydrogen-bond donors (Lipinski definition) is 2. The number of aromatic nitrogens is 7. The number of aromatic amines is 1. The Kier molecular flexibility index (Phi) is 5.88. The molecule has 162 valence electrons. The van der Waals surface area contributed by atoms with Crippen LogP contribution in [0.15, 0.2) is 39.0 Å². The molecule has 12 heteroatoms. The maximum absolute atomic E-state index is 12.4. The van der Waals surface area contributed by atoms with E-state index in [0.717, 1.165) is 18.4 Å². The zero-order valence-corrected chi connectivity index (χ0v) is 18.6. The van der Waals surface area contributed by atoms with Crippen LogP contribution in [0.2, 0.25) is 5.02 Å². The number of nitrogens with one attached hydrogen (secondary N) is 1. The Hall–Kier alpha value is -3.05. The van der Waals surface area contributed by atoms with Crippen molar-refractivity contribution in [1.82, 2.24) is 34.0 Å². The number of imidazole rings is 1. The number of fused-ring (bicyclic) bond motifs is 1. The number of unbranched alkanes of at least 4 members (excludes halogenated alkanes) is 1. The van der Waals surface area contributed by atoms with Crippen LogP contribution in [-0.4, -0.2) is 34.0 Å². The summed E-state index contributed by atoms with van der Waals surface area (Å²) in [5, 5.41) is 9.44. The molecular formula is C19H21ClN8O2S. The lowest BCUT2D eigenvalue weighted by atomic mass is 10.2. The number of hydrogen-bond acceptors (Lipinski definition) is 7. The molecule has 0 spiro atoms. The number of benzene rings is 1. The second-order valence-corrected chi connectivity index (χ2v) is 8.37. The number of nitrogens with zero attached hydrogens (tertiary/aromatic N) is 6. The van der Waals surface area contributed by atoms with Gasteiger partial charge in [0.05, 0.1) is 5.75 Å². The smallest absolute Gasteiger partial charge is 0.330 e. The monoisotopic (exact) mass is 460 g/mol. The van der Waals surface area contributed by atoms with Gasteiger partial charge in [0.15, 0.2) is 17.0 Å². The molecule has 0 amide bonds. The maximum atomic E-state index is 12.4.